The molecule has 0 saturated carbocycles. The second-order valence-electron chi connectivity index (χ2n) is 4.00. The minimum absolute atomic E-state index is 0.761. The van der Waals surface area contributed by atoms with Crippen molar-refractivity contribution in [2.24, 2.45) is 0 Å². The summed E-state index contributed by atoms with van der Waals surface area (Å²) in [5.41, 5.74) is 3.09. The average Bonchev–Trinajstić information content (AvgIpc) is 2.74. The zero-order valence-corrected chi connectivity index (χ0v) is 15.8. The molecule has 0 unspecified atom stereocenters. The van der Waals surface area contributed by atoms with Crippen LogP contribution < -0.4 is 0 Å². The molecule has 128 valence electrons. The minimum atomic E-state index is 0.761. The standard InChI is InChI=1S/C16H12N2.3C2H6/c1-3-7-13(8-4-1)15-11-12-17-16(18-15)14-9-5-2-6-10-14;3*1-2/h1-12H;3*1-2H3. The minimum Gasteiger partial charge on any atom is -0.237 e. The topological polar surface area (TPSA) is 25.8 Å². The lowest BCUT2D eigenvalue weighted by Gasteiger charge is -2.03. The summed E-state index contributed by atoms with van der Waals surface area (Å²) in [4.78, 5) is 8.93. The largest absolute Gasteiger partial charge is 0.237 e. The monoisotopic (exact) mass is 322 g/mol. The molecule has 3 rings (SSSR count). The number of rotatable bonds is 2. The first-order valence-electron chi connectivity index (χ1n) is 8.87. The van der Waals surface area contributed by atoms with Crippen LogP contribution in [-0.2, 0) is 0 Å². The number of benzene rings is 2. The van der Waals surface area contributed by atoms with Crippen molar-refractivity contribution >= 4 is 0 Å². The molecule has 1 heterocycles. The summed E-state index contributed by atoms with van der Waals surface area (Å²) in [6.07, 6.45) is 1.80. The summed E-state index contributed by atoms with van der Waals surface area (Å²) in [5, 5.41) is 0. The number of nitrogens with zero attached hydrogens (tertiary/aromatic N) is 2. The summed E-state index contributed by atoms with van der Waals surface area (Å²) in [7, 11) is 0. The van der Waals surface area contributed by atoms with Gasteiger partial charge in [0.05, 0.1) is 5.69 Å². The molecule has 0 N–H and O–H groups in total. The van der Waals surface area contributed by atoms with Gasteiger partial charge in [-0.05, 0) is 6.07 Å². The third kappa shape index (κ3) is 6.74. The van der Waals surface area contributed by atoms with Crippen LogP contribution in [-0.4, -0.2) is 9.97 Å². The van der Waals surface area contributed by atoms with Crippen molar-refractivity contribution in [3.8, 4) is 22.6 Å². The maximum Gasteiger partial charge on any atom is 0.159 e. The summed E-state index contributed by atoms with van der Waals surface area (Å²) < 4.78 is 0. The number of hydrogen-bond acceptors (Lipinski definition) is 2. The molecule has 2 heteroatoms. The second kappa shape index (κ2) is 14.1. The van der Waals surface area contributed by atoms with Gasteiger partial charge in [0, 0.05) is 17.3 Å². The molecule has 0 aliphatic carbocycles. The Bertz CT molecular complexity index is 580. The van der Waals surface area contributed by atoms with Crippen molar-refractivity contribution in [1.82, 2.24) is 9.97 Å². The first kappa shape index (κ1) is 21.5. The van der Waals surface area contributed by atoms with E-state index in [2.05, 4.69) is 22.1 Å². The molecule has 0 aliphatic rings. The van der Waals surface area contributed by atoms with Gasteiger partial charge < -0.3 is 0 Å². The quantitative estimate of drug-likeness (QED) is 0.513. The third-order valence-electron chi connectivity index (χ3n) is 2.76. The van der Waals surface area contributed by atoms with Crippen molar-refractivity contribution in [1.29, 1.82) is 0 Å². The van der Waals surface area contributed by atoms with Crippen LogP contribution in [0.1, 0.15) is 41.5 Å². The number of hydrogen-bond donors (Lipinski definition) is 0. The molecule has 0 aliphatic heterocycles. The zero-order chi connectivity index (χ0) is 18.2. The van der Waals surface area contributed by atoms with Gasteiger partial charge >= 0.3 is 0 Å². The van der Waals surface area contributed by atoms with Crippen LogP contribution in [0.15, 0.2) is 72.9 Å². The van der Waals surface area contributed by atoms with E-state index in [9.17, 15) is 0 Å². The van der Waals surface area contributed by atoms with Crippen LogP contribution in [0, 0.1) is 0 Å². The van der Waals surface area contributed by atoms with Gasteiger partial charge in [0.1, 0.15) is 0 Å². The van der Waals surface area contributed by atoms with E-state index >= 15 is 0 Å². The molecule has 0 atom stereocenters. The molecule has 0 spiro atoms. The van der Waals surface area contributed by atoms with Gasteiger partial charge in [-0.15, -0.1) is 0 Å². The summed E-state index contributed by atoms with van der Waals surface area (Å²) in [6.45, 7) is 12.0. The maximum atomic E-state index is 4.60. The van der Waals surface area contributed by atoms with E-state index in [0.717, 1.165) is 22.6 Å². The summed E-state index contributed by atoms with van der Waals surface area (Å²) >= 11 is 0. The number of aromatic nitrogens is 2. The van der Waals surface area contributed by atoms with Crippen molar-refractivity contribution in [3.63, 3.8) is 0 Å². The lowest BCUT2D eigenvalue weighted by atomic mass is 10.1. The molecular weight excluding hydrogens is 292 g/mol. The van der Waals surface area contributed by atoms with Crippen LogP contribution in [0.2, 0.25) is 0 Å². The SMILES string of the molecule is CC.CC.CC.c1ccc(-c2ccnc(-c3ccccc3)n2)cc1. The fraction of sp³-hybridized carbons (Fsp3) is 0.273. The van der Waals surface area contributed by atoms with Crippen LogP contribution in [0.3, 0.4) is 0 Å². The Balaban J connectivity index is 0.000000798. The molecule has 2 nitrogen and oxygen atoms in total. The Kier molecular flexibility index (Phi) is 12.7. The molecule has 0 fully saturated rings. The summed E-state index contributed by atoms with van der Waals surface area (Å²) in [6, 6.07) is 22.1. The van der Waals surface area contributed by atoms with Gasteiger partial charge in [-0.3, -0.25) is 0 Å². The Morgan fingerprint density at radius 3 is 1.50 bits per heavy atom. The highest BCUT2D eigenvalue weighted by atomic mass is 14.9. The second-order valence-corrected chi connectivity index (χ2v) is 4.00. The fourth-order valence-corrected chi connectivity index (χ4v) is 1.85. The molecule has 24 heavy (non-hydrogen) atoms. The summed E-state index contributed by atoms with van der Waals surface area (Å²) in [5.74, 6) is 0.761. The van der Waals surface area contributed by atoms with Crippen LogP contribution in [0.25, 0.3) is 22.6 Å². The Morgan fingerprint density at radius 1 is 0.542 bits per heavy atom. The Labute approximate surface area is 147 Å². The lowest BCUT2D eigenvalue weighted by molar-refractivity contribution is 1.18. The molecule has 0 bridgehead atoms. The average molecular weight is 322 g/mol. The maximum absolute atomic E-state index is 4.60. The van der Waals surface area contributed by atoms with E-state index in [4.69, 9.17) is 0 Å². The first-order chi connectivity index (χ1) is 11.9. The van der Waals surface area contributed by atoms with Crippen molar-refractivity contribution in [2.75, 3.05) is 0 Å². The third-order valence-corrected chi connectivity index (χ3v) is 2.76. The van der Waals surface area contributed by atoms with E-state index in [1.54, 1.807) is 6.20 Å². The van der Waals surface area contributed by atoms with E-state index in [1.807, 2.05) is 96.1 Å². The normalized spacial score (nSPS) is 8.42. The molecule has 1 aromatic heterocycles. The Hall–Kier alpha value is -2.48. The zero-order valence-electron chi connectivity index (χ0n) is 15.8. The van der Waals surface area contributed by atoms with Crippen molar-refractivity contribution in [3.05, 3.63) is 72.9 Å². The van der Waals surface area contributed by atoms with Gasteiger partial charge in [-0.25, -0.2) is 9.97 Å². The smallest absolute Gasteiger partial charge is 0.159 e. The predicted octanol–water partition coefficient (Wildman–Crippen LogP) is 6.89. The highest BCUT2D eigenvalue weighted by Gasteiger charge is 2.03. The molecular formula is C22H30N2. The van der Waals surface area contributed by atoms with Crippen molar-refractivity contribution < 1.29 is 0 Å². The molecule has 0 amide bonds. The van der Waals surface area contributed by atoms with E-state index in [-0.39, 0.29) is 0 Å². The van der Waals surface area contributed by atoms with Gasteiger partial charge in [0.15, 0.2) is 5.82 Å². The predicted molar refractivity (Wildman–Crippen MR) is 107 cm³/mol. The fourth-order valence-electron chi connectivity index (χ4n) is 1.85. The van der Waals surface area contributed by atoms with E-state index in [0.29, 0.717) is 0 Å². The van der Waals surface area contributed by atoms with Gasteiger partial charge in [-0.1, -0.05) is 102 Å². The molecule has 3 aromatic rings. The first-order valence-corrected chi connectivity index (χ1v) is 8.87. The Morgan fingerprint density at radius 2 is 1.00 bits per heavy atom. The lowest BCUT2D eigenvalue weighted by Crippen LogP contribution is -1.90. The van der Waals surface area contributed by atoms with Gasteiger partial charge in [-0.2, -0.15) is 0 Å². The van der Waals surface area contributed by atoms with Gasteiger partial charge in [0.2, 0.25) is 0 Å². The molecule has 0 saturated heterocycles. The molecule has 2 aromatic carbocycles. The van der Waals surface area contributed by atoms with Crippen LogP contribution in [0.5, 0.6) is 0 Å². The van der Waals surface area contributed by atoms with Crippen molar-refractivity contribution in [2.45, 2.75) is 41.5 Å². The molecule has 0 radical (unpaired) electrons. The van der Waals surface area contributed by atoms with E-state index < -0.39 is 0 Å². The van der Waals surface area contributed by atoms with Gasteiger partial charge in [0.25, 0.3) is 0 Å². The highest BCUT2D eigenvalue weighted by molar-refractivity contribution is 5.63. The van der Waals surface area contributed by atoms with E-state index in [1.165, 1.54) is 0 Å². The van der Waals surface area contributed by atoms with Crippen LogP contribution in [0.4, 0.5) is 0 Å². The highest BCUT2D eigenvalue weighted by Crippen LogP contribution is 2.20. The van der Waals surface area contributed by atoms with Crippen LogP contribution >= 0.6 is 0 Å².